The second-order valence-corrected chi connectivity index (χ2v) is 14.3. The second-order valence-electron chi connectivity index (χ2n) is 14.3. The molecule has 5 rings (SSSR count). The van der Waals surface area contributed by atoms with Crippen molar-refractivity contribution in [2.24, 2.45) is 0 Å². The van der Waals surface area contributed by atoms with Crippen LogP contribution in [0.4, 0.5) is 43.9 Å². The van der Waals surface area contributed by atoms with Crippen LogP contribution in [-0.2, 0) is 34.0 Å². The van der Waals surface area contributed by atoms with E-state index in [0.717, 1.165) is 12.1 Å². The summed E-state index contributed by atoms with van der Waals surface area (Å²) in [6.45, 7) is 10.9. The van der Waals surface area contributed by atoms with Crippen LogP contribution in [-0.4, -0.2) is 9.97 Å². The lowest BCUT2D eigenvalue weighted by Crippen LogP contribution is -2.33. The first-order chi connectivity index (χ1) is 21.8. The van der Waals surface area contributed by atoms with Gasteiger partial charge in [0.2, 0.25) is 0 Å². The standard InChI is InChI=1S/C36H32F10N2/c1-31(2)17-15-18(28(38)25(27(17)37)35(41,42)43)32(3,4)23-13-10-14-24(48-23)34(7,8)20-16-19(29(39)26(30(20)40)36(44,45)46)33(5,6)22-12-9-11-21(31)47-22/h9-16H,1-8H3. The van der Waals surface area contributed by atoms with E-state index < -0.39 is 90.7 Å². The molecule has 8 bridgehead atoms. The zero-order valence-electron chi connectivity index (χ0n) is 27.3. The number of benzene rings is 2. The van der Waals surface area contributed by atoms with Gasteiger partial charge in [-0.1, -0.05) is 67.5 Å². The van der Waals surface area contributed by atoms with Crippen LogP contribution in [0, 0.1) is 23.3 Å². The quantitative estimate of drug-likeness (QED) is 0.173. The van der Waals surface area contributed by atoms with E-state index in [-0.39, 0.29) is 22.8 Å². The maximum atomic E-state index is 16.0. The Kier molecular flexibility index (Phi) is 7.93. The first kappa shape index (κ1) is 35.3. The van der Waals surface area contributed by atoms with Crippen molar-refractivity contribution >= 4 is 0 Å². The Balaban J connectivity index is 2.02. The smallest absolute Gasteiger partial charge is 0.256 e. The van der Waals surface area contributed by atoms with E-state index in [2.05, 4.69) is 9.97 Å². The summed E-state index contributed by atoms with van der Waals surface area (Å²) >= 11 is 0. The molecule has 0 saturated carbocycles. The summed E-state index contributed by atoms with van der Waals surface area (Å²) in [6.07, 6.45) is -10.9. The van der Waals surface area contributed by atoms with Gasteiger partial charge in [-0.25, -0.2) is 17.6 Å². The molecule has 2 aromatic carbocycles. The third kappa shape index (κ3) is 5.26. The van der Waals surface area contributed by atoms with E-state index in [1.54, 1.807) is 0 Å². The molecule has 0 unspecified atom stereocenters. The van der Waals surface area contributed by atoms with Crippen molar-refractivity contribution in [1.29, 1.82) is 0 Å². The van der Waals surface area contributed by atoms with Gasteiger partial charge in [0.1, 0.15) is 34.4 Å². The predicted octanol–water partition coefficient (Wildman–Crippen LogP) is 10.7. The van der Waals surface area contributed by atoms with E-state index >= 15 is 17.6 Å². The number of halogens is 10. The number of nitrogens with zero attached hydrogens (tertiary/aromatic N) is 2. The number of alkyl halides is 6. The van der Waals surface area contributed by atoms with Crippen molar-refractivity contribution in [3.8, 4) is 0 Å². The topological polar surface area (TPSA) is 25.8 Å². The van der Waals surface area contributed by atoms with Crippen LogP contribution < -0.4 is 0 Å². The molecule has 0 aliphatic carbocycles. The Morgan fingerprint density at radius 2 is 0.625 bits per heavy atom. The van der Waals surface area contributed by atoms with Crippen LogP contribution >= 0.6 is 0 Å². The Morgan fingerprint density at radius 1 is 0.417 bits per heavy atom. The summed E-state index contributed by atoms with van der Waals surface area (Å²) in [5.41, 5.74) is -13.4. The molecule has 0 N–H and O–H groups in total. The van der Waals surface area contributed by atoms with Crippen molar-refractivity contribution in [1.82, 2.24) is 9.97 Å². The molecule has 4 aromatic rings. The Hall–Kier alpha value is -3.96. The van der Waals surface area contributed by atoms with Crippen LogP contribution in [0.3, 0.4) is 0 Å². The summed E-state index contributed by atoms with van der Waals surface area (Å²) in [7, 11) is 0. The molecule has 0 spiro atoms. The van der Waals surface area contributed by atoms with Crippen LogP contribution in [0.15, 0.2) is 48.5 Å². The molecule has 3 heterocycles. The summed E-state index contributed by atoms with van der Waals surface area (Å²) < 4.78 is 150. The highest BCUT2D eigenvalue weighted by molar-refractivity contribution is 5.51. The number of aromatic nitrogens is 2. The molecule has 0 fully saturated rings. The molecule has 1 aliphatic heterocycles. The van der Waals surface area contributed by atoms with Crippen LogP contribution in [0.5, 0.6) is 0 Å². The van der Waals surface area contributed by atoms with Gasteiger partial charge in [-0.2, -0.15) is 26.3 Å². The molecule has 0 radical (unpaired) electrons. The van der Waals surface area contributed by atoms with Crippen LogP contribution in [0.1, 0.15) is 112 Å². The molecule has 0 amide bonds. The van der Waals surface area contributed by atoms with E-state index in [1.165, 1.54) is 91.8 Å². The Labute approximate surface area is 271 Å². The number of hydrogen-bond acceptors (Lipinski definition) is 2. The van der Waals surface area contributed by atoms with E-state index in [1.807, 2.05) is 0 Å². The highest BCUT2D eigenvalue weighted by Gasteiger charge is 2.47. The molecule has 48 heavy (non-hydrogen) atoms. The number of rotatable bonds is 0. The van der Waals surface area contributed by atoms with Gasteiger partial charge in [0.25, 0.3) is 0 Å². The summed E-state index contributed by atoms with van der Waals surface area (Å²) in [5, 5.41) is 0. The number of hydrogen-bond donors (Lipinski definition) is 0. The van der Waals surface area contributed by atoms with Crippen molar-refractivity contribution in [3.63, 3.8) is 0 Å². The van der Waals surface area contributed by atoms with E-state index in [4.69, 9.17) is 0 Å². The van der Waals surface area contributed by atoms with Crippen LogP contribution in [0.2, 0.25) is 0 Å². The Bertz CT molecular complexity index is 1700. The van der Waals surface area contributed by atoms with Crippen molar-refractivity contribution in [3.05, 3.63) is 128 Å². The van der Waals surface area contributed by atoms with Gasteiger partial charge >= 0.3 is 12.4 Å². The fraction of sp³-hybridized carbons (Fsp3) is 0.389. The third-order valence-electron chi connectivity index (χ3n) is 9.72. The van der Waals surface area contributed by atoms with Gasteiger partial charge in [0.05, 0.1) is 22.8 Å². The van der Waals surface area contributed by atoms with Crippen molar-refractivity contribution < 1.29 is 43.9 Å². The fourth-order valence-electron chi connectivity index (χ4n) is 6.40. The average molecular weight is 683 g/mol. The second kappa shape index (κ2) is 10.8. The molecular weight excluding hydrogens is 650 g/mol. The molecule has 2 aromatic heterocycles. The zero-order chi connectivity index (χ0) is 36.2. The lowest BCUT2D eigenvalue weighted by atomic mass is 9.72. The summed E-state index contributed by atoms with van der Waals surface area (Å²) in [4.78, 5) is 9.05. The number of pyridine rings is 2. The zero-order valence-corrected chi connectivity index (χ0v) is 27.3. The summed E-state index contributed by atoms with van der Waals surface area (Å²) in [5.74, 6) is -7.43. The largest absolute Gasteiger partial charge is 0.422 e. The molecular formula is C36H32F10N2. The highest BCUT2D eigenvalue weighted by Crippen LogP contribution is 2.48. The Morgan fingerprint density at radius 3 is 0.812 bits per heavy atom. The molecule has 0 saturated heterocycles. The average Bonchev–Trinajstić information content (AvgIpc) is 2.95. The van der Waals surface area contributed by atoms with Gasteiger partial charge in [-0.15, -0.1) is 0 Å². The minimum Gasteiger partial charge on any atom is -0.256 e. The normalized spacial score (nSPS) is 18.0. The predicted molar refractivity (Wildman–Crippen MR) is 160 cm³/mol. The third-order valence-corrected chi connectivity index (χ3v) is 9.72. The SMILES string of the molecule is CC1(C)c2cccc(n2)C(C)(C)c2cc(c(F)c(C(F)(F)F)c2F)C(C)(C)c2cccc(n2)C(C)(C)c2cc1c(F)c(C(F)(F)F)c2F. The molecule has 0 atom stereocenters. The first-order valence-electron chi connectivity index (χ1n) is 14.9. The molecule has 2 nitrogen and oxygen atoms in total. The number of fused-ring (bicyclic) bond motifs is 8. The lowest BCUT2D eigenvalue weighted by molar-refractivity contribution is -0.143. The molecule has 256 valence electrons. The highest BCUT2D eigenvalue weighted by atomic mass is 19.4. The van der Waals surface area contributed by atoms with E-state index in [9.17, 15) is 26.3 Å². The summed E-state index contributed by atoms with van der Waals surface area (Å²) in [6, 6.07) is 10.3. The lowest BCUT2D eigenvalue weighted by Gasteiger charge is -2.35. The van der Waals surface area contributed by atoms with Gasteiger partial charge in [-0.3, -0.25) is 9.97 Å². The van der Waals surface area contributed by atoms with Crippen molar-refractivity contribution in [2.45, 2.75) is 89.4 Å². The first-order valence-corrected chi connectivity index (χ1v) is 14.9. The fourth-order valence-corrected chi connectivity index (χ4v) is 6.40. The van der Waals surface area contributed by atoms with Gasteiger partial charge < -0.3 is 0 Å². The van der Waals surface area contributed by atoms with Gasteiger partial charge in [0.15, 0.2) is 0 Å². The molecule has 12 heteroatoms. The van der Waals surface area contributed by atoms with Crippen molar-refractivity contribution in [2.75, 3.05) is 0 Å². The van der Waals surface area contributed by atoms with Gasteiger partial charge in [0, 0.05) is 43.9 Å². The minimum absolute atomic E-state index is 0.0400. The van der Waals surface area contributed by atoms with E-state index in [0.29, 0.717) is 0 Å². The van der Waals surface area contributed by atoms with Gasteiger partial charge in [-0.05, 0) is 36.4 Å². The van der Waals surface area contributed by atoms with Crippen LogP contribution in [0.25, 0.3) is 0 Å². The maximum Gasteiger partial charge on any atom is 0.422 e. The minimum atomic E-state index is -5.45. The monoisotopic (exact) mass is 682 g/mol. The maximum absolute atomic E-state index is 16.0. The molecule has 1 aliphatic rings.